The molecule has 0 unspecified atom stereocenters. The molecule has 101 heavy (non-hydrogen) atoms. The molecular weight excluding hydrogens is 1470 g/mol. The van der Waals surface area contributed by atoms with E-state index in [2.05, 4.69) is 72.5 Å². The second-order valence-corrected chi connectivity index (χ2v) is 27.6. The third-order valence-corrected chi connectivity index (χ3v) is 19.9. The molecule has 21 nitrogen and oxygen atoms in total. The fraction of sp³-hybridized carbons (Fsp3) is 0.778. The molecule has 6 aliphatic rings. The number of methoxy groups -OCH3 is 3. The van der Waals surface area contributed by atoms with Crippen molar-refractivity contribution in [3.8, 4) is 0 Å². The monoisotopic (exact) mass is 1590 g/mol. The first-order valence-electron chi connectivity index (χ1n) is 35.6. The molecule has 1 aromatic rings. The Bertz CT molecular complexity index is 2400. The number of Topliss-reactive ketones (excluding diaryl/α,β-unsaturated/α-hetero) is 2. The minimum atomic E-state index is -2.51. The average molecular weight is 1600 g/mol. The van der Waals surface area contributed by atoms with E-state index >= 15 is 0 Å². The van der Waals surface area contributed by atoms with E-state index in [9.17, 15) is 34.5 Å². The van der Waals surface area contributed by atoms with E-state index in [0.29, 0.717) is 56.9 Å². The van der Waals surface area contributed by atoms with Crippen LogP contribution in [0.1, 0.15) is 142 Å². The summed E-state index contributed by atoms with van der Waals surface area (Å²) in [5.41, 5.74) is 4.47. The number of ketones is 2. The predicted molar refractivity (Wildman–Crippen MR) is 423 cm³/mol. The number of ether oxygens (including phenoxy) is 5. The number of hydrogen-bond donors (Lipinski definition) is 9. The second-order valence-electron chi connectivity index (χ2n) is 27.6. The summed E-state index contributed by atoms with van der Waals surface area (Å²) in [6.45, 7) is 32.7. The number of benzene rings is 1. The Labute approximate surface area is 655 Å². The maximum Gasteiger partial charge on any atom is 0.329 e. The second kappa shape index (κ2) is 56.7. The summed E-state index contributed by atoms with van der Waals surface area (Å²) < 4.78 is 29.7. The van der Waals surface area contributed by atoms with E-state index < -0.39 is 83.9 Å². The number of nitrogens with one attached hydrogen (secondary N) is 6. The van der Waals surface area contributed by atoms with Crippen molar-refractivity contribution >= 4 is 123 Å². The lowest BCUT2D eigenvalue weighted by Crippen LogP contribution is -2.64. The van der Waals surface area contributed by atoms with Crippen LogP contribution >= 0.6 is 99.3 Å². The van der Waals surface area contributed by atoms with Gasteiger partial charge in [0.05, 0.1) is 30.5 Å². The Morgan fingerprint density at radius 2 is 1.10 bits per heavy atom. The number of aliphatic hydroxyl groups excluding tert-OH is 2. The smallest absolute Gasteiger partial charge is 0.329 e. The van der Waals surface area contributed by atoms with Crippen molar-refractivity contribution in [1.82, 2.24) is 46.6 Å². The highest BCUT2D eigenvalue weighted by molar-refractivity contribution is 6.39. The van der Waals surface area contributed by atoms with Crippen molar-refractivity contribution in [3.63, 3.8) is 0 Å². The van der Waals surface area contributed by atoms with Gasteiger partial charge in [-0.15, -0.1) is 106 Å². The third-order valence-electron chi connectivity index (χ3n) is 19.9. The minimum absolute atomic E-state index is 0. The van der Waals surface area contributed by atoms with Crippen LogP contribution in [0.25, 0.3) is 0 Å². The fourth-order valence-electron chi connectivity index (χ4n) is 14.3. The maximum atomic E-state index is 14.3. The van der Waals surface area contributed by atoms with Crippen LogP contribution in [0.2, 0.25) is 0 Å². The zero-order valence-electron chi connectivity index (χ0n) is 61.4. The Balaban J connectivity index is -0.00000191. The average Bonchev–Trinajstić information content (AvgIpc) is 0.820. The summed E-state index contributed by atoms with van der Waals surface area (Å²) in [5.74, 6) is -7.76. The molecule has 2 bridgehead atoms. The molecule has 4 saturated heterocycles. The number of halogens is 8. The topological polar surface area (TPSA) is 257 Å². The minimum Gasteiger partial charge on any atom is -0.456 e. The highest BCUT2D eigenvalue weighted by atomic mass is 35.5. The first kappa shape index (κ1) is 104. The summed E-state index contributed by atoms with van der Waals surface area (Å²) in [4.78, 5) is 63.0. The van der Waals surface area contributed by atoms with Crippen LogP contribution in [-0.4, -0.2) is 241 Å². The van der Waals surface area contributed by atoms with E-state index in [1.165, 1.54) is 55.9 Å². The lowest BCUT2D eigenvalue weighted by atomic mass is 9.81. The number of carbonyl (C=O) groups is 4. The van der Waals surface area contributed by atoms with Gasteiger partial charge in [0, 0.05) is 117 Å². The molecule has 5 fully saturated rings. The highest BCUT2D eigenvalue weighted by Crippen LogP contribution is 2.39. The Hall–Kier alpha value is -1.56. The number of aliphatic hydroxyl groups is 3. The number of amides is 1. The Kier molecular flexibility index (Phi) is 58.1. The number of piperidine rings is 1. The SMILES string of the molecule is C=CC[C@@H]1/C=C(\C)C[C@H](C)C[C@H](OC)[C@H]2O[C@@](O)(C(=O)C(=O)N3CCCC[C@H]3C(=O)O[C@H](/C(C)=C/[C@@H]3CC[C@@H](O)[C@H](OC)C3)[C@H](C)[C@@H](O)CC1=O)[C@H](C)C[C@@H]2OC.Cl.Cl.Cl.Cl.Cl.Cl.Cl.Cl.c1cc(CN2CCCNCCNCCCNCC2)ccc1CN1CCCNCCNCCCNCC1. The highest BCUT2D eigenvalue weighted by Gasteiger charge is 2.57. The summed E-state index contributed by atoms with van der Waals surface area (Å²) >= 11 is 0. The molecule has 29 heteroatoms. The molecule has 5 aliphatic heterocycles. The zero-order valence-corrected chi connectivity index (χ0v) is 68.0. The number of esters is 1. The first-order chi connectivity index (χ1) is 44.9. The number of allylic oxidation sites excluding steroid dienone is 4. The molecule has 9 N–H and O–H groups in total. The van der Waals surface area contributed by atoms with Crippen LogP contribution < -0.4 is 31.9 Å². The quantitative estimate of drug-likeness (QED) is 0.0572. The maximum absolute atomic E-state index is 14.3. The van der Waals surface area contributed by atoms with Gasteiger partial charge in [-0.3, -0.25) is 24.2 Å². The standard InChI is InChI=1S/C44H69NO12.C28H54N8.8ClH/c1-10-13-31-19-25(2)18-26(3)20-37(54-8)40-38(55-9)22-28(5)44(52,57-40)41(49)42(50)45-17-12-11-14-32(45)43(51)56-39(29(6)34(47)24-35(31)48)27(4)21-30-15-16-33(46)36(23-30)53-7;1-9-29-15-17-31-13-3-21-35(23-19-33-11-1)25-27-5-7-28(8-6-27)26-36-22-4-14-32-18-16-30-10-2-12-34-20-24-36;;;;;;;;/h10,19,21,26,28-34,36-40,46-47,52H,1,11-18,20,22-24H2,2-9H3;5-8,29-34H,1-4,9-26H2;8*1H/b25-19+,27-21+;;;;;;;;;/t26-,28+,29+,30-,31+,32-,33+,34-,36+,37-,38-,39+,40+,44+;;;;;;;;;/m0........./s1. The normalized spacial score (nSPS) is 31.3. The molecule has 0 aromatic heterocycles. The summed E-state index contributed by atoms with van der Waals surface area (Å²) in [6.07, 6.45) is 9.73. The summed E-state index contributed by atoms with van der Waals surface area (Å²) in [7, 11) is 4.61. The number of carbonyl (C=O) groups excluding carboxylic acids is 4. The fourth-order valence-corrected chi connectivity index (χ4v) is 14.3. The molecule has 1 amide bonds. The molecule has 0 radical (unpaired) electrons. The largest absolute Gasteiger partial charge is 0.456 e. The van der Waals surface area contributed by atoms with Crippen molar-refractivity contribution in [2.45, 2.75) is 199 Å². The van der Waals surface area contributed by atoms with Gasteiger partial charge in [-0.2, -0.15) is 0 Å². The molecule has 1 aliphatic carbocycles. The number of hydrogen-bond acceptors (Lipinski definition) is 20. The van der Waals surface area contributed by atoms with Gasteiger partial charge >= 0.3 is 5.97 Å². The Morgan fingerprint density at radius 3 is 1.60 bits per heavy atom. The molecule has 1 saturated carbocycles. The summed E-state index contributed by atoms with van der Waals surface area (Å²) in [5, 5.41) is 55.6. The first-order valence-corrected chi connectivity index (χ1v) is 35.6. The molecule has 1 aromatic carbocycles. The molecular formula is C72H131Cl8N9O12. The zero-order chi connectivity index (χ0) is 67.1. The van der Waals surface area contributed by atoms with E-state index in [4.69, 9.17) is 23.7 Å². The molecule has 14 atom stereocenters. The van der Waals surface area contributed by atoms with Gasteiger partial charge in [0.15, 0.2) is 0 Å². The molecule has 592 valence electrons. The van der Waals surface area contributed by atoms with Gasteiger partial charge in [0.1, 0.15) is 24.0 Å². The van der Waals surface area contributed by atoms with E-state index in [1.807, 2.05) is 32.9 Å². The van der Waals surface area contributed by atoms with Crippen LogP contribution in [-0.2, 0) is 56.0 Å². The molecule has 5 heterocycles. The van der Waals surface area contributed by atoms with Crippen LogP contribution in [0, 0.1) is 29.6 Å². The van der Waals surface area contributed by atoms with Crippen molar-refractivity contribution in [1.29, 1.82) is 0 Å². The van der Waals surface area contributed by atoms with Crippen LogP contribution in [0.3, 0.4) is 0 Å². The van der Waals surface area contributed by atoms with Gasteiger partial charge in [0.25, 0.3) is 11.7 Å². The van der Waals surface area contributed by atoms with Gasteiger partial charge in [-0.1, -0.05) is 68.8 Å². The summed E-state index contributed by atoms with van der Waals surface area (Å²) in [6, 6.07) is 8.28. The predicted octanol–water partition coefficient (Wildman–Crippen LogP) is 8.43. The molecule has 0 spiro atoms. The van der Waals surface area contributed by atoms with Gasteiger partial charge < -0.3 is 75.8 Å². The van der Waals surface area contributed by atoms with Crippen molar-refractivity contribution < 1.29 is 58.2 Å². The van der Waals surface area contributed by atoms with E-state index in [-0.39, 0.29) is 149 Å². The van der Waals surface area contributed by atoms with Crippen molar-refractivity contribution in [2.75, 3.05) is 133 Å². The van der Waals surface area contributed by atoms with Crippen LogP contribution in [0.4, 0.5) is 0 Å². The van der Waals surface area contributed by atoms with Crippen LogP contribution in [0.15, 0.2) is 60.2 Å². The van der Waals surface area contributed by atoms with E-state index in [1.54, 1.807) is 27.0 Å². The number of cyclic esters (lactones) is 1. The van der Waals surface area contributed by atoms with Crippen LogP contribution in [0.5, 0.6) is 0 Å². The number of nitrogens with zero attached hydrogens (tertiary/aromatic N) is 3. The number of rotatable bonds is 11. The lowest BCUT2D eigenvalue weighted by Gasteiger charge is -2.47. The van der Waals surface area contributed by atoms with Gasteiger partial charge in [-0.25, -0.2) is 4.79 Å². The molecule has 7 rings (SSSR count). The Morgan fingerprint density at radius 1 is 0.604 bits per heavy atom. The lowest BCUT2D eigenvalue weighted by molar-refractivity contribution is -0.302. The van der Waals surface area contributed by atoms with Crippen molar-refractivity contribution in [2.24, 2.45) is 29.6 Å². The third kappa shape index (κ3) is 34.7. The number of fused-ring (bicyclic) bond motifs is 3. The van der Waals surface area contributed by atoms with E-state index in [0.717, 1.165) is 123 Å². The van der Waals surface area contributed by atoms with Crippen molar-refractivity contribution in [3.05, 3.63) is 71.3 Å². The van der Waals surface area contributed by atoms with Gasteiger partial charge in [-0.05, 0) is 185 Å². The van der Waals surface area contributed by atoms with Gasteiger partial charge in [0.2, 0.25) is 5.79 Å².